The van der Waals surface area contributed by atoms with E-state index in [0.717, 1.165) is 18.9 Å². The molecule has 4 rings (SSSR count). The van der Waals surface area contributed by atoms with E-state index in [-0.39, 0.29) is 46.9 Å². The van der Waals surface area contributed by atoms with Gasteiger partial charge in [0.1, 0.15) is 0 Å². The Bertz CT molecular complexity index is 1070. The van der Waals surface area contributed by atoms with Crippen LogP contribution in [0.3, 0.4) is 0 Å². The van der Waals surface area contributed by atoms with Crippen molar-refractivity contribution in [3.8, 4) is 0 Å². The van der Waals surface area contributed by atoms with Crippen LogP contribution < -0.4 is 4.90 Å². The fourth-order valence-electron chi connectivity index (χ4n) is 5.07. The first-order valence-corrected chi connectivity index (χ1v) is 11.5. The molecule has 1 aromatic carbocycles. The van der Waals surface area contributed by atoms with Crippen LogP contribution in [0, 0.1) is 11.8 Å². The minimum atomic E-state index is -4.43. The lowest BCUT2D eigenvalue weighted by Crippen LogP contribution is -2.36. The quantitative estimate of drug-likeness (QED) is 0.630. The molecule has 34 heavy (non-hydrogen) atoms. The number of halogens is 4. The van der Waals surface area contributed by atoms with Crippen LogP contribution in [-0.2, 0) is 17.5 Å². The maximum atomic E-state index is 13.4. The van der Waals surface area contributed by atoms with Crippen LogP contribution in [0.15, 0.2) is 30.6 Å². The number of carbonyl (C=O) groups is 2. The van der Waals surface area contributed by atoms with E-state index in [4.69, 9.17) is 11.6 Å². The van der Waals surface area contributed by atoms with Crippen molar-refractivity contribution in [2.45, 2.75) is 38.5 Å². The van der Waals surface area contributed by atoms with E-state index in [9.17, 15) is 22.8 Å². The average Bonchev–Trinajstić information content (AvgIpc) is 3.46. The van der Waals surface area contributed by atoms with Crippen molar-refractivity contribution in [2.24, 2.45) is 11.8 Å². The van der Waals surface area contributed by atoms with Gasteiger partial charge >= 0.3 is 12.2 Å². The van der Waals surface area contributed by atoms with Gasteiger partial charge in [0, 0.05) is 44.7 Å². The van der Waals surface area contributed by atoms with E-state index in [1.807, 2.05) is 11.9 Å². The number of aromatic nitrogens is 2. The van der Waals surface area contributed by atoms with Crippen molar-refractivity contribution in [1.82, 2.24) is 19.6 Å². The second-order valence-corrected chi connectivity index (χ2v) is 9.70. The minimum Gasteiger partial charge on any atom is -0.322 e. The van der Waals surface area contributed by atoms with E-state index in [1.165, 1.54) is 41.0 Å². The van der Waals surface area contributed by atoms with Crippen LogP contribution in [-0.4, -0.2) is 64.7 Å². The van der Waals surface area contributed by atoms with Crippen LogP contribution in [0.1, 0.15) is 30.9 Å². The zero-order chi connectivity index (χ0) is 24.8. The fraction of sp³-hybridized carbons (Fsp3) is 0.522. The molecule has 1 aliphatic carbocycles. The highest BCUT2D eigenvalue weighted by atomic mass is 35.5. The molecule has 1 aliphatic heterocycles. The summed E-state index contributed by atoms with van der Waals surface area (Å²) in [6.07, 6.45) is 0.206. The molecule has 1 aromatic heterocycles. The number of rotatable bonds is 4. The van der Waals surface area contributed by atoms with Crippen molar-refractivity contribution >= 4 is 29.2 Å². The van der Waals surface area contributed by atoms with Gasteiger partial charge in [-0.2, -0.15) is 23.0 Å². The Balaban J connectivity index is 1.37. The summed E-state index contributed by atoms with van der Waals surface area (Å²) in [5, 5.41) is 4.39. The van der Waals surface area contributed by atoms with Crippen molar-refractivity contribution in [3.63, 3.8) is 0 Å². The Hall–Kier alpha value is -2.59. The van der Waals surface area contributed by atoms with Crippen LogP contribution >= 0.6 is 11.6 Å². The smallest absolute Gasteiger partial charge is 0.322 e. The van der Waals surface area contributed by atoms with E-state index in [0.29, 0.717) is 18.8 Å². The topological polar surface area (TPSA) is 61.7 Å². The van der Waals surface area contributed by atoms with E-state index >= 15 is 0 Å². The molecule has 0 spiro atoms. The molecule has 0 radical (unpaired) electrons. The molecular formula is C23H27ClF3N5O2. The molecule has 7 nitrogen and oxygen atoms in total. The van der Waals surface area contributed by atoms with Crippen molar-refractivity contribution in [1.29, 1.82) is 0 Å². The van der Waals surface area contributed by atoms with Gasteiger partial charge in [0.25, 0.3) is 0 Å². The van der Waals surface area contributed by atoms with Gasteiger partial charge in [0.2, 0.25) is 5.91 Å². The lowest BCUT2D eigenvalue weighted by molar-refractivity contribution is -0.138. The summed E-state index contributed by atoms with van der Waals surface area (Å²) in [5.74, 6) is 0.415. The molecule has 2 aromatic rings. The zero-order valence-corrected chi connectivity index (χ0v) is 20.0. The zero-order valence-electron chi connectivity index (χ0n) is 19.2. The molecule has 2 fully saturated rings. The van der Waals surface area contributed by atoms with Gasteiger partial charge in [0.15, 0.2) is 0 Å². The molecule has 184 valence electrons. The summed E-state index contributed by atoms with van der Waals surface area (Å²) in [7, 11) is 3.46. The normalized spacial score (nSPS) is 22.4. The predicted molar refractivity (Wildman–Crippen MR) is 122 cm³/mol. The van der Waals surface area contributed by atoms with Gasteiger partial charge in [-0.1, -0.05) is 11.6 Å². The fourth-order valence-corrected chi connectivity index (χ4v) is 5.26. The standard InChI is InChI=1S/C23H27ClF3N5O2/c1-14(33)30(3)20-9-28-32(13-20)22(34)31-11-15-7-19(8-16(15)12-31)29(2)10-17-6-18(24)4-5-21(17)23(25,26)27/h4-6,9,13,15-16,19H,7-8,10-12H2,1-3H3/t15-,16+,19-. The predicted octanol–water partition coefficient (Wildman–Crippen LogP) is 4.35. The number of nitrogens with zero attached hydrogens (tertiary/aromatic N) is 5. The number of amides is 2. The number of hydrogen-bond donors (Lipinski definition) is 0. The van der Waals surface area contributed by atoms with E-state index < -0.39 is 11.7 Å². The number of benzene rings is 1. The summed E-state index contributed by atoms with van der Waals surface area (Å²) >= 11 is 5.97. The molecule has 11 heteroatoms. The molecule has 2 heterocycles. The number of likely N-dealkylation sites (tertiary alicyclic amines) is 1. The maximum absolute atomic E-state index is 13.4. The Kier molecular flexibility index (Phi) is 6.65. The van der Waals surface area contributed by atoms with Gasteiger partial charge in [0.05, 0.1) is 23.6 Å². The Morgan fingerprint density at radius 3 is 2.41 bits per heavy atom. The highest BCUT2D eigenvalue weighted by Gasteiger charge is 2.44. The first-order valence-electron chi connectivity index (χ1n) is 11.1. The molecule has 0 N–H and O–H groups in total. The summed E-state index contributed by atoms with van der Waals surface area (Å²) in [4.78, 5) is 29.6. The number of alkyl halides is 3. The first-order chi connectivity index (χ1) is 15.9. The Labute approximate surface area is 201 Å². The summed E-state index contributed by atoms with van der Waals surface area (Å²) in [5.41, 5.74) is 0.0512. The SMILES string of the molecule is CC(=O)N(C)c1cnn(C(=O)N2C[C@H]3C[C@@H](N(C)Cc4cc(Cl)ccc4C(F)(F)F)C[C@H]3C2)c1. The van der Waals surface area contributed by atoms with Crippen molar-refractivity contribution in [3.05, 3.63) is 46.7 Å². The number of hydrogen-bond acceptors (Lipinski definition) is 4. The molecule has 0 bridgehead atoms. The monoisotopic (exact) mass is 497 g/mol. The second kappa shape index (κ2) is 9.22. The molecule has 1 saturated carbocycles. The lowest BCUT2D eigenvalue weighted by atomic mass is 10.0. The summed E-state index contributed by atoms with van der Waals surface area (Å²) in [6.45, 7) is 2.75. The molecule has 2 aliphatic rings. The molecule has 1 saturated heterocycles. The number of anilines is 1. The number of carbonyl (C=O) groups excluding carboxylic acids is 2. The molecule has 3 atom stereocenters. The van der Waals surface area contributed by atoms with E-state index in [2.05, 4.69) is 5.10 Å². The van der Waals surface area contributed by atoms with Crippen LogP contribution in [0.2, 0.25) is 5.02 Å². The second-order valence-electron chi connectivity index (χ2n) is 9.27. The van der Waals surface area contributed by atoms with Gasteiger partial charge < -0.3 is 9.80 Å². The summed E-state index contributed by atoms with van der Waals surface area (Å²) < 4.78 is 41.5. The third kappa shape index (κ3) is 4.93. The first kappa shape index (κ1) is 24.5. The highest BCUT2D eigenvalue weighted by molar-refractivity contribution is 6.30. The highest BCUT2D eigenvalue weighted by Crippen LogP contribution is 2.41. The van der Waals surface area contributed by atoms with Crippen LogP contribution in [0.4, 0.5) is 23.7 Å². The molecule has 0 unspecified atom stereocenters. The van der Waals surface area contributed by atoms with Gasteiger partial charge in [-0.3, -0.25) is 9.69 Å². The largest absolute Gasteiger partial charge is 0.416 e. The number of fused-ring (bicyclic) bond motifs is 1. The van der Waals surface area contributed by atoms with Gasteiger partial charge in [-0.25, -0.2) is 4.79 Å². The third-order valence-corrected chi connectivity index (χ3v) is 7.27. The van der Waals surface area contributed by atoms with E-state index in [1.54, 1.807) is 11.9 Å². The minimum absolute atomic E-state index is 0.132. The Morgan fingerprint density at radius 1 is 1.18 bits per heavy atom. The van der Waals surface area contributed by atoms with Crippen LogP contribution in [0.5, 0.6) is 0 Å². The summed E-state index contributed by atoms with van der Waals surface area (Å²) in [6, 6.07) is 3.58. The third-order valence-electron chi connectivity index (χ3n) is 7.04. The maximum Gasteiger partial charge on any atom is 0.416 e. The Morgan fingerprint density at radius 2 is 1.82 bits per heavy atom. The average molecular weight is 498 g/mol. The lowest BCUT2D eigenvalue weighted by Gasteiger charge is -2.27. The van der Waals surface area contributed by atoms with Crippen molar-refractivity contribution in [2.75, 3.05) is 32.1 Å². The van der Waals surface area contributed by atoms with Crippen LogP contribution in [0.25, 0.3) is 0 Å². The molecule has 2 amide bonds. The van der Waals surface area contributed by atoms with Crippen molar-refractivity contribution < 1.29 is 22.8 Å². The molecular weight excluding hydrogens is 471 g/mol. The van der Waals surface area contributed by atoms with Gasteiger partial charge in [-0.15, -0.1) is 0 Å². The van der Waals surface area contributed by atoms with Gasteiger partial charge in [-0.05, 0) is 55.5 Å².